The first kappa shape index (κ1) is 19.0. The van der Waals surface area contributed by atoms with Crippen LogP contribution < -0.4 is 5.32 Å². The summed E-state index contributed by atoms with van der Waals surface area (Å²) >= 11 is 0. The molecule has 0 radical (unpaired) electrons. The van der Waals surface area contributed by atoms with Crippen molar-refractivity contribution in [1.29, 1.82) is 0 Å². The summed E-state index contributed by atoms with van der Waals surface area (Å²) < 4.78 is 1.81. The minimum absolute atomic E-state index is 0.109. The predicted octanol–water partition coefficient (Wildman–Crippen LogP) is 2.17. The van der Waals surface area contributed by atoms with Gasteiger partial charge in [0.1, 0.15) is 11.6 Å². The molecule has 7 heteroatoms. The first-order valence-corrected chi connectivity index (χ1v) is 9.66. The van der Waals surface area contributed by atoms with Crippen LogP contribution in [0.25, 0.3) is 11.0 Å². The SMILES string of the molecule is Cn1ncc2c(NCCCN3CCC[C@@H](CO)C3)nc(C(C)(C)C)nc21. The van der Waals surface area contributed by atoms with Crippen LogP contribution in [0.15, 0.2) is 6.20 Å². The van der Waals surface area contributed by atoms with Crippen LogP contribution in [0.3, 0.4) is 0 Å². The summed E-state index contributed by atoms with van der Waals surface area (Å²) in [5.41, 5.74) is 0.761. The minimum Gasteiger partial charge on any atom is -0.396 e. The van der Waals surface area contributed by atoms with Gasteiger partial charge in [-0.25, -0.2) is 9.97 Å². The van der Waals surface area contributed by atoms with E-state index in [4.69, 9.17) is 9.97 Å². The Morgan fingerprint density at radius 1 is 1.31 bits per heavy atom. The molecule has 0 amide bonds. The maximum Gasteiger partial charge on any atom is 0.163 e. The van der Waals surface area contributed by atoms with Crippen LogP contribution in [0.1, 0.15) is 45.9 Å². The van der Waals surface area contributed by atoms with Crippen molar-refractivity contribution in [2.75, 3.05) is 38.1 Å². The van der Waals surface area contributed by atoms with E-state index in [1.54, 1.807) is 4.68 Å². The number of hydrogen-bond donors (Lipinski definition) is 2. The molecular formula is C19H32N6O. The van der Waals surface area contributed by atoms with Crippen molar-refractivity contribution in [2.45, 2.75) is 45.4 Å². The molecule has 26 heavy (non-hydrogen) atoms. The molecule has 2 N–H and O–H groups in total. The largest absolute Gasteiger partial charge is 0.396 e. The lowest BCUT2D eigenvalue weighted by molar-refractivity contribution is 0.120. The second kappa shape index (κ2) is 7.88. The molecule has 3 heterocycles. The summed E-state index contributed by atoms with van der Waals surface area (Å²) in [6, 6.07) is 0. The molecule has 1 saturated heterocycles. The molecule has 0 aromatic carbocycles. The molecule has 3 rings (SSSR count). The Kier molecular flexibility index (Phi) is 5.77. The average molecular weight is 361 g/mol. The number of aryl methyl sites for hydroxylation is 1. The van der Waals surface area contributed by atoms with Crippen molar-refractivity contribution >= 4 is 16.9 Å². The quantitative estimate of drug-likeness (QED) is 0.769. The van der Waals surface area contributed by atoms with E-state index in [0.717, 1.165) is 61.7 Å². The lowest BCUT2D eigenvalue weighted by Gasteiger charge is -2.31. The van der Waals surface area contributed by atoms with Crippen LogP contribution in [0.4, 0.5) is 5.82 Å². The fourth-order valence-electron chi connectivity index (χ4n) is 3.51. The maximum atomic E-state index is 9.36. The molecule has 0 aliphatic carbocycles. The predicted molar refractivity (Wildman–Crippen MR) is 104 cm³/mol. The van der Waals surface area contributed by atoms with Crippen LogP contribution in [-0.4, -0.2) is 62.5 Å². The van der Waals surface area contributed by atoms with E-state index in [-0.39, 0.29) is 5.41 Å². The van der Waals surface area contributed by atoms with Crippen molar-refractivity contribution in [3.8, 4) is 0 Å². The molecule has 1 atom stereocenters. The summed E-state index contributed by atoms with van der Waals surface area (Å²) in [6.07, 6.45) is 5.23. The highest BCUT2D eigenvalue weighted by molar-refractivity contribution is 5.86. The van der Waals surface area contributed by atoms with E-state index >= 15 is 0 Å². The Morgan fingerprint density at radius 3 is 2.85 bits per heavy atom. The lowest BCUT2D eigenvalue weighted by atomic mass is 9.95. The number of aromatic nitrogens is 4. The number of aliphatic hydroxyl groups is 1. The van der Waals surface area contributed by atoms with Gasteiger partial charge in [0.25, 0.3) is 0 Å². The number of anilines is 1. The molecule has 1 aliphatic rings. The Morgan fingerprint density at radius 2 is 2.12 bits per heavy atom. The van der Waals surface area contributed by atoms with Crippen LogP contribution in [0.5, 0.6) is 0 Å². The Hall–Kier alpha value is -1.73. The van der Waals surface area contributed by atoms with Gasteiger partial charge in [0, 0.05) is 32.2 Å². The van der Waals surface area contributed by atoms with Gasteiger partial charge in [-0.2, -0.15) is 5.10 Å². The smallest absolute Gasteiger partial charge is 0.163 e. The van der Waals surface area contributed by atoms with Crippen LogP contribution in [0.2, 0.25) is 0 Å². The Bertz CT molecular complexity index is 735. The number of likely N-dealkylation sites (tertiary alicyclic amines) is 1. The summed E-state index contributed by atoms with van der Waals surface area (Å²) in [7, 11) is 1.92. The van der Waals surface area contributed by atoms with Gasteiger partial charge >= 0.3 is 0 Å². The van der Waals surface area contributed by atoms with Gasteiger partial charge < -0.3 is 15.3 Å². The zero-order valence-corrected chi connectivity index (χ0v) is 16.5. The minimum atomic E-state index is -0.109. The van der Waals surface area contributed by atoms with Gasteiger partial charge in [-0.05, 0) is 38.3 Å². The molecule has 2 aromatic heterocycles. The third-order valence-electron chi connectivity index (χ3n) is 5.07. The van der Waals surface area contributed by atoms with Gasteiger partial charge in [-0.1, -0.05) is 20.8 Å². The normalized spacial score (nSPS) is 19.2. The van der Waals surface area contributed by atoms with E-state index in [2.05, 4.69) is 36.1 Å². The highest BCUT2D eigenvalue weighted by Gasteiger charge is 2.21. The third kappa shape index (κ3) is 4.32. The van der Waals surface area contributed by atoms with E-state index in [0.29, 0.717) is 12.5 Å². The van der Waals surface area contributed by atoms with Crippen LogP contribution in [-0.2, 0) is 12.5 Å². The van der Waals surface area contributed by atoms with Crippen molar-refractivity contribution in [3.05, 3.63) is 12.0 Å². The first-order valence-electron chi connectivity index (χ1n) is 9.66. The van der Waals surface area contributed by atoms with Gasteiger partial charge in [0.15, 0.2) is 5.65 Å². The fraction of sp³-hybridized carbons (Fsp3) is 0.737. The highest BCUT2D eigenvalue weighted by Crippen LogP contribution is 2.25. The summed E-state index contributed by atoms with van der Waals surface area (Å²) in [6.45, 7) is 10.8. The van der Waals surface area contributed by atoms with Crippen LogP contribution in [0, 0.1) is 5.92 Å². The summed E-state index contributed by atoms with van der Waals surface area (Å²) in [4.78, 5) is 11.9. The molecule has 2 aromatic rings. The molecule has 0 spiro atoms. The standard InChI is InChI=1S/C19H32N6O/c1-19(2,3)18-22-16(15-11-21-24(4)17(15)23-18)20-8-6-10-25-9-5-7-14(12-25)13-26/h11,14,26H,5-10,12-13H2,1-4H3,(H,20,22,23)/t14-/m1/s1. The zero-order chi connectivity index (χ0) is 18.7. The summed E-state index contributed by atoms with van der Waals surface area (Å²) in [5, 5.41) is 18.2. The number of aliphatic hydroxyl groups excluding tert-OH is 1. The Labute approximate surface area is 155 Å². The van der Waals surface area contributed by atoms with Gasteiger partial charge in [-0.15, -0.1) is 0 Å². The number of nitrogens with zero attached hydrogens (tertiary/aromatic N) is 5. The Balaban J connectivity index is 1.63. The molecule has 0 saturated carbocycles. The second-order valence-corrected chi connectivity index (χ2v) is 8.42. The van der Waals surface area contributed by atoms with Gasteiger partial charge in [0.05, 0.1) is 11.6 Å². The first-order chi connectivity index (χ1) is 12.4. The van der Waals surface area contributed by atoms with Gasteiger partial charge in [0.2, 0.25) is 0 Å². The fourth-order valence-corrected chi connectivity index (χ4v) is 3.51. The number of rotatable bonds is 6. The lowest BCUT2D eigenvalue weighted by Crippen LogP contribution is -2.37. The highest BCUT2D eigenvalue weighted by atomic mass is 16.3. The van der Waals surface area contributed by atoms with E-state index < -0.39 is 0 Å². The second-order valence-electron chi connectivity index (χ2n) is 8.42. The number of piperidine rings is 1. The monoisotopic (exact) mass is 360 g/mol. The van der Waals surface area contributed by atoms with Crippen molar-refractivity contribution < 1.29 is 5.11 Å². The maximum absolute atomic E-state index is 9.36. The number of fused-ring (bicyclic) bond motifs is 1. The van der Waals surface area contributed by atoms with E-state index in [9.17, 15) is 5.11 Å². The van der Waals surface area contributed by atoms with E-state index in [1.165, 1.54) is 6.42 Å². The average Bonchev–Trinajstić information content (AvgIpc) is 2.99. The third-order valence-corrected chi connectivity index (χ3v) is 5.07. The van der Waals surface area contributed by atoms with Crippen LogP contribution >= 0.6 is 0 Å². The molecule has 0 bridgehead atoms. The molecule has 0 unspecified atom stereocenters. The van der Waals surface area contributed by atoms with Crippen molar-refractivity contribution in [3.63, 3.8) is 0 Å². The molecule has 144 valence electrons. The van der Waals surface area contributed by atoms with Crippen molar-refractivity contribution in [2.24, 2.45) is 13.0 Å². The van der Waals surface area contributed by atoms with Gasteiger partial charge in [-0.3, -0.25) is 4.68 Å². The van der Waals surface area contributed by atoms with Crippen molar-refractivity contribution in [1.82, 2.24) is 24.6 Å². The number of hydrogen-bond acceptors (Lipinski definition) is 6. The number of nitrogens with one attached hydrogen (secondary N) is 1. The molecule has 1 fully saturated rings. The molecular weight excluding hydrogens is 328 g/mol. The zero-order valence-electron chi connectivity index (χ0n) is 16.5. The molecule has 1 aliphatic heterocycles. The summed E-state index contributed by atoms with van der Waals surface area (Å²) in [5.74, 6) is 2.15. The molecule has 7 nitrogen and oxygen atoms in total. The topological polar surface area (TPSA) is 79.1 Å². The van der Waals surface area contributed by atoms with E-state index in [1.807, 2.05) is 13.2 Å².